The third kappa shape index (κ3) is 7.42. The molecule has 1 amide bonds. The summed E-state index contributed by atoms with van der Waals surface area (Å²) in [5.74, 6) is 0. The molecule has 0 unspecified atom stereocenters. The number of benzene rings is 3. The number of unbranched alkanes of at least 4 members (excludes halogenated alkanes) is 3. The number of aromatic amines is 1. The topological polar surface area (TPSA) is 70.6 Å². The number of nitrogens with one attached hydrogen (secondary N) is 1. The molecular weight excluding hydrogens is 500 g/mol. The van der Waals surface area contributed by atoms with Gasteiger partial charge in [0.1, 0.15) is 0 Å². The van der Waals surface area contributed by atoms with Crippen LogP contribution in [0, 0.1) is 0 Å². The molecule has 0 atom stereocenters. The summed E-state index contributed by atoms with van der Waals surface area (Å²) in [6.07, 6.45) is 5.42. The number of likely N-dealkylation sites (tertiary alicyclic amines) is 1. The number of carbonyl (C=O) groups excluding carboxylic acids is 1. The second-order valence-electron chi connectivity index (χ2n) is 10.7. The third-order valence-corrected chi connectivity index (χ3v) is 7.80. The van der Waals surface area contributed by atoms with Gasteiger partial charge in [0.05, 0.1) is 17.6 Å². The minimum atomic E-state index is -0.235. The van der Waals surface area contributed by atoms with Crippen LogP contribution in [0.5, 0.6) is 0 Å². The van der Waals surface area contributed by atoms with E-state index in [9.17, 15) is 9.59 Å². The van der Waals surface area contributed by atoms with Crippen LogP contribution in [-0.4, -0.2) is 51.7 Å². The first-order valence-electron chi connectivity index (χ1n) is 14.6. The second kappa shape index (κ2) is 14.0. The number of imidazole rings is 1. The van der Waals surface area contributed by atoms with Gasteiger partial charge in [0.25, 0.3) is 0 Å². The highest BCUT2D eigenvalue weighted by Crippen LogP contribution is 2.25. The average Bonchev–Trinajstić information content (AvgIpc) is 3.33. The van der Waals surface area contributed by atoms with Gasteiger partial charge < -0.3 is 14.6 Å². The molecule has 5 rings (SSSR count). The van der Waals surface area contributed by atoms with Crippen molar-refractivity contribution in [3.05, 3.63) is 107 Å². The van der Waals surface area contributed by atoms with Gasteiger partial charge in [0, 0.05) is 32.2 Å². The zero-order chi connectivity index (χ0) is 27.6. The Morgan fingerprint density at radius 3 is 2.08 bits per heavy atom. The minimum absolute atomic E-state index is 0.0783. The number of para-hydroxylation sites is 2. The van der Waals surface area contributed by atoms with E-state index in [1.807, 2.05) is 28.8 Å². The quantitative estimate of drug-likeness (QED) is 0.212. The molecule has 1 aliphatic rings. The van der Waals surface area contributed by atoms with Crippen molar-refractivity contribution >= 4 is 17.1 Å². The molecule has 0 radical (unpaired) electrons. The Balaban J connectivity index is 0.992. The number of aromatic nitrogens is 2. The number of hydrogen-bond donors (Lipinski definition) is 1. The summed E-state index contributed by atoms with van der Waals surface area (Å²) in [6, 6.07) is 29.2. The lowest BCUT2D eigenvalue weighted by Gasteiger charge is -2.31. The second-order valence-corrected chi connectivity index (χ2v) is 10.7. The van der Waals surface area contributed by atoms with E-state index < -0.39 is 0 Å². The molecule has 7 heteroatoms. The maximum absolute atomic E-state index is 12.6. The predicted molar refractivity (Wildman–Crippen MR) is 159 cm³/mol. The predicted octanol–water partition coefficient (Wildman–Crippen LogP) is 6.37. The highest BCUT2D eigenvalue weighted by Gasteiger charge is 2.26. The van der Waals surface area contributed by atoms with Gasteiger partial charge in [0.15, 0.2) is 0 Å². The maximum atomic E-state index is 12.6. The monoisotopic (exact) mass is 540 g/mol. The highest BCUT2D eigenvalue weighted by atomic mass is 16.6. The first kappa shape index (κ1) is 27.7. The molecule has 0 spiro atoms. The molecular formula is C33H40N4O3. The smallest absolute Gasteiger partial charge is 0.409 e. The van der Waals surface area contributed by atoms with Gasteiger partial charge in [-0.2, -0.15) is 0 Å². The lowest BCUT2D eigenvalue weighted by molar-refractivity contribution is 0.0871. The Bertz CT molecular complexity index is 1350. The van der Waals surface area contributed by atoms with Crippen LogP contribution in [0.2, 0.25) is 0 Å². The van der Waals surface area contributed by atoms with Crippen LogP contribution in [0.4, 0.5) is 4.79 Å². The number of carbonyl (C=O) groups is 1. The Morgan fingerprint density at radius 2 is 1.40 bits per heavy atom. The fourth-order valence-electron chi connectivity index (χ4n) is 5.68. The van der Waals surface area contributed by atoms with Gasteiger partial charge in [-0.3, -0.25) is 9.47 Å². The average molecular weight is 541 g/mol. The van der Waals surface area contributed by atoms with Gasteiger partial charge >= 0.3 is 11.8 Å². The summed E-state index contributed by atoms with van der Waals surface area (Å²) in [7, 11) is 0. The summed E-state index contributed by atoms with van der Waals surface area (Å²) < 4.78 is 7.44. The molecule has 1 aliphatic heterocycles. The number of nitrogens with zero attached hydrogens (tertiary/aromatic N) is 3. The SMILES string of the molecule is O=C(OCCCCCCN(Cc1ccccc1)Cc1ccccc1)N1CCC(n2c(=O)[nH]c3ccccc32)CC1. The molecule has 0 aliphatic carbocycles. The molecule has 1 saturated heterocycles. The van der Waals surface area contributed by atoms with E-state index in [0.717, 1.165) is 69.2 Å². The van der Waals surface area contributed by atoms with Crippen LogP contribution < -0.4 is 5.69 Å². The fourth-order valence-corrected chi connectivity index (χ4v) is 5.68. The number of H-pyrrole nitrogens is 1. The lowest BCUT2D eigenvalue weighted by Crippen LogP contribution is -2.40. The van der Waals surface area contributed by atoms with Crippen molar-refractivity contribution in [1.29, 1.82) is 0 Å². The van der Waals surface area contributed by atoms with E-state index in [1.165, 1.54) is 11.1 Å². The number of amides is 1. The molecule has 7 nitrogen and oxygen atoms in total. The Morgan fingerprint density at radius 1 is 0.800 bits per heavy atom. The minimum Gasteiger partial charge on any atom is -0.449 e. The van der Waals surface area contributed by atoms with E-state index >= 15 is 0 Å². The molecule has 1 fully saturated rings. The molecule has 4 aromatic rings. The molecule has 1 N–H and O–H groups in total. The molecule has 1 aromatic heterocycles. The van der Waals surface area contributed by atoms with Crippen LogP contribution >= 0.6 is 0 Å². The Labute approximate surface area is 236 Å². The van der Waals surface area contributed by atoms with E-state index in [1.54, 1.807) is 4.90 Å². The summed E-state index contributed by atoms with van der Waals surface area (Å²) in [4.78, 5) is 32.3. The van der Waals surface area contributed by atoms with Gasteiger partial charge in [-0.25, -0.2) is 9.59 Å². The Kier molecular flexibility index (Phi) is 9.69. The summed E-state index contributed by atoms with van der Waals surface area (Å²) in [6.45, 7) is 4.59. The highest BCUT2D eigenvalue weighted by molar-refractivity contribution is 5.75. The number of rotatable bonds is 12. The van der Waals surface area contributed by atoms with Crippen LogP contribution in [-0.2, 0) is 17.8 Å². The van der Waals surface area contributed by atoms with E-state index in [2.05, 4.69) is 70.5 Å². The standard InChI is InChI=1S/C33H40N4O3/c38-32-34-30-17-9-10-18-31(30)37(32)29-19-22-36(23-20-29)33(39)40-24-12-2-1-11-21-35(25-27-13-5-3-6-14-27)26-28-15-7-4-8-16-28/h3-10,13-18,29H,1-2,11-12,19-26H2,(H,34,38). The van der Waals surface area contributed by atoms with Crippen molar-refractivity contribution in [2.75, 3.05) is 26.2 Å². The molecule has 40 heavy (non-hydrogen) atoms. The largest absolute Gasteiger partial charge is 0.449 e. The first-order valence-corrected chi connectivity index (χ1v) is 14.6. The number of hydrogen-bond acceptors (Lipinski definition) is 4. The molecule has 210 valence electrons. The molecule has 0 saturated carbocycles. The number of fused-ring (bicyclic) bond motifs is 1. The van der Waals surface area contributed by atoms with Crippen molar-refractivity contribution in [3.8, 4) is 0 Å². The Hall–Kier alpha value is -3.84. The van der Waals surface area contributed by atoms with Gasteiger partial charge in [-0.15, -0.1) is 0 Å². The molecule has 2 heterocycles. The third-order valence-electron chi connectivity index (χ3n) is 7.80. The zero-order valence-corrected chi connectivity index (χ0v) is 23.2. The van der Waals surface area contributed by atoms with E-state index in [-0.39, 0.29) is 17.8 Å². The van der Waals surface area contributed by atoms with Crippen molar-refractivity contribution < 1.29 is 9.53 Å². The maximum Gasteiger partial charge on any atom is 0.409 e. The lowest BCUT2D eigenvalue weighted by atomic mass is 10.0. The zero-order valence-electron chi connectivity index (χ0n) is 23.2. The fraction of sp³-hybridized carbons (Fsp3) is 0.394. The van der Waals surface area contributed by atoms with Crippen molar-refractivity contribution in [1.82, 2.24) is 19.4 Å². The molecule has 0 bridgehead atoms. The van der Waals surface area contributed by atoms with Crippen molar-refractivity contribution in [2.45, 2.75) is 57.7 Å². The summed E-state index contributed by atoms with van der Waals surface area (Å²) in [5, 5.41) is 0. The summed E-state index contributed by atoms with van der Waals surface area (Å²) >= 11 is 0. The molecule has 3 aromatic carbocycles. The normalized spacial score (nSPS) is 14.2. The van der Waals surface area contributed by atoms with Gasteiger partial charge in [0.2, 0.25) is 0 Å². The van der Waals surface area contributed by atoms with E-state index in [4.69, 9.17) is 4.74 Å². The van der Waals surface area contributed by atoms with Crippen LogP contribution in [0.25, 0.3) is 11.0 Å². The van der Waals surface area contributed by atoms with E-state index in [0.29, 0.717) is 19.7 Å². The van der Waals surface area contributed by atoms with Crippen molar-refractivity contribution in [3.63, 3.8) is 0 Å². The summed E-state index contributed by atoms with van der Waals surface area (Å²) in [5.41, 5.74) is 4.38. The number of piperidine rings is 1. The van der Waals surface area contributed by atoms with Crippen LogP contribution in [0.15, 0.2) is 89.7 Å². The number of ether oxygens (including phenoxy) is 1. The first-order chi connectivity index (χ1) is 19.7. The van der Waals surface area contributed by atoms with Crippen LogP contribution in [0.3, 0.4) is 0 Å². The van der Waals surface area contributed by atoms with Crippen molar-refractivity contribution in [2.24, 2.45) is 0 Å². The van der Waals surface area contributed by atoms with Crippen LogP contribution in [0.1, 0.15) is 55.7 Å². The van der Waals surface area contributed by atoms with Gasteiger partial charge in [-0.05, 0) is 55.5 Å². The van der Waals surface area contributed by atoms with Gasteiger partial charge in [-0.1, -0.05) is 85.6 Å².